The van der Waals surface area contributed by atoms with E-state index >= 15 is 0 Å². The number of aliphatic hydroxyl groups is 1. The molecule has 0 bridgehead atoms. The first-order valence-electron chi connectivity index (χ1n) is 6.92. The molecule has 0 fully saturated rings. The van der Waals surface area contributed by atoms with Crippen molar-refractivity contribution in [2.45, 2.75) is 6.61 Å². The molecule has 120 valence electrons. The number of nitrogens with one attached hydrogen (secondary N) is 1. The number of nitrogen functional groups attached to an aromatic ring is 1. The van der Waals surface area contributed by atoms with Gasteiger partial charge in [0.15, 0.2) is 0 Å². The summed E-state index contributed by atoms with van der Waals surface area (Å²) in [4.78, 5) is 8.48. The van der Waals surface area contributed by atoms with E-state index in [4.69, 9.17) is 28.3 Å². The van der Waals surface area contributed by atoms with E-state index in [0.29, 0.717) is 23.8 Å². The number of rotatable bonds is 5. The van der Waals surface area contributed by atoms with Gasteiger partial charge in [0, 0.05) is 17.3 Å². The first kappa shape index (κ1) is 17.0. The third kappa shape index (κ3) is 4.29. The Kier molecular flexibility index (Phi) is 6.10. The fraction of sp³-hybridized carbons (Fsp3) is 0.125. The Morgan fingerprint density at radius 2 is 2.04 bits per heavy atom. The number of nitrogens with two attached hydrogens (primary N) is 2. The van der Waals surface area contributed by atoms with Crippen molar-refractivity contribution in [3.05, 3.63) is 59.3 Å². The number of aliphatic hydroxyl groups excluding tert-OH is 1. The van der Waals surface area contributed by atoms with Crippen molar-refractivity contribution < 1.29 is 5.11 Å². The number of hydrazine groups is 1. The number of aromatic nitrogens is 1. The highest BCUT2D eigenvalue weighted by molar-refractivity contribution is 6.25. The quantitative estimate of drug-likeness (QED) is 0.289. The molecule has 0 spiro atoms. The van der Waals surface area contributed by atoms with E-state index in [1.165, 1.54) is 5.54 Å². The van der Waals surface area contributed by atoms with Crippen LogP contribution in [0.3, 0.4) is 0 Å². The minimum atomic E-state index is 0.00745. The highest BCUT2D eigenvalue weighted by Crippen LogP contribution is 2.22. The lowest BCUT2D eigenvalue weighted by atomic mass is 10.0. The van der Waals surface area contributed by atoms with Crippen LogP contribution in [0.15, 0.2) is 53.1 Å². The van der Waals surface area contributed by atoms with Gasteiger partial charge in [-0.05, 0) is 17.2 Å². The summed E-state index contributed by atoms with van der Waals surface area (Å²) < 4.78 is 0. The number of anilines is 1. The summed E-state index contributed by atoms with van der Waals surface area (Å²) in [7, 11) is 0. The number of nitrogens with zero attached hydrogens (tertiary/aromatic N) is 2. The molecule has 6 N–H and O–H groups in total. The minimum absolute atomic E-state index is 0.00745. The van der Waals surface area contributed by atoms with Crippen molar-refractivity contribution in [2.75, 3.05) is 12.3 Å². The van der Waals surface area contributed by atoms with Gasteiger partial charge in [-0.1, -0.05) is 41.9 Å². The maximum atomic E-state index is 9.11. The maximum Gasteiger partial charge on any atom is 0.146 e. The fourth-order valence-electron chi connectivity index (χ4n) is 2.02. The molecule has 23 heavy (non-hydrogen) atoms. The molecule has 1 aromatic carbocycles. The number of hydrogen-bond acceptors (Lipinski definition) is 5. The van der Waals surface area contributed by atoms with Gasteiger partial charge in [0.2, 0.25) is 0 Å². The lowest BCUT2D eigenvalue weighted by Gasteiger charge is -2.10. The van der Waals surface area contributed by atoms with Gasteiger partial charge >= 0.3 is 0 Å². The molecule has 0 aliphatic carbocycles. The summed E-state index contributed by atoms with van der Waals surface area (Å²) in [6, 6.07) is 9.38. The Morgan fingerprint density at radius 3 is 2.65 bits per heavy atom. The monoisotopic (exact) mass is 331 g/mol. The topological polar surface area (TPSA) is 110 Å². The van der Waals surface area contributed by atoms with Gasteiger partial charge in [0.05, 0.1) is 18.7 Å². The van der Waals surface area contributed by atoms with Crippen molar-refractivity contribution in [2.24, 2.45) is 10.8 Å². The van der Waals surface area contributed by atoms with E-state index in [1.807, 2.05) is 30.3 Å². The lowest BCUT2D eigenvalue weighted by molar-refractivity contribution is 0.282. The number of hydrogen-bond donors (Lipinski definition) is 4. The molecule has 2 aromatic rings. The molecule has 0 saturated heterocycles. The number of benzene rings is 1. The van der Waals surface area contributed by atoms with E-state index in [9.17, 15) is 0 Å². The number of amidine groups is 1. The minimum Gasteiger partial charge on any atom is -0.392 e. The van der Waals surface area contributed by atoms with E-state index in [1.54, 1.807) is 12.3 Å². The molecule has 0 aliphatic rings. The molecule has 0 saturated carbocycles. The molecule has 1 aromatic heterocycles. The van der Waals surface area contributed by atoms with Crippen LogP contribution in [0.4, 0.5) is 5.82 Å². The summed E-state index contributed by atoms with van der Waals surface area (Å²) in [6.45, 7) is 0.380. The maximum absolute atomic E-state index is 9.11. The SMILES string of the molecule is NNC(=NC/C=C/Cl)c1cc(-c2ccc(CO)cc2)cnc1N. The predicted molar refractivity (Wildman–Crippen MR) is 93.7 cm³/mol. The van der Waals surface area contributed by atoms with Gasteiger partial charge in [0.25, 0.3) is 0 Å². The first-order chi connectivity index (χ1) is 11.2. The van der Waals surface area contributed by atoms with E-state index in [2.05, 4.69) is 15.4 Å². The number of pyridine rings is 1. The van der Waals surface area contributed by atoms with Crippen LogP contribution in [0.2, 0.25) is 0 Å². The highest BCUT2D eigenvalue weighted by Gasteiger charge is 2.10. The summed E-state index contributed by atoms with van der Waals surface area (Å²) in [5, 5.41) is 9.11. The summed E-state index contributed by atoms with van der Waals surface area (Å²) in [5.41, 5.74) is 13.1. The van der Waals surface area contributed by atoms with Crippen LogP contribution in [-0.2, 0) is 6.61 Å². The van der Waals surface area contributed by atoms with E-state index in [-0.39, 0.29) is 6.61 Å². The standard InChI is InChI=1S/C16H18ClN5O/c17-6-1-7-20-16(22-19)14-8-13(9-21-15(14)18)12-4-2-11(10-23)3-5-12/h1-6,8-9,23H,7,10,19H2,(H2,18,21)(H,20,22)/b6-1+. The molecule has 0 radical (unpaired) electrons. The third-order valence-corrected chi connectivity index (χ3v) is 3.40. The summed E-state index contributed by atoms with van der Waals surface area (Å²) >= 11 is 5.48. The Morgan fingerprint density at radius 1 is 1.30 bits per heavy atom. The highest BCUT2D eigenvalue weighted by atomic mass is 35.5. The molecule has 1 heterocycles. The van der Waals surface area contributed by atoms with Crippen LogP contribution in [0, 0.1) is 0 Å². The van der Waals surface area contributed by atoms with Crippen molar-refractivity contribution >= 4 is 23.3 Å². The Bertz CT molecular complexity index is 713. The van der Waals surface area contributed by atoms with Crippen LogP contribution in [0.1, 0.15) is 11.1 Å². The van der Waals surface area contributed by atoms with E-state index in [0.717, 1.165) is 16.7 Å². The van der Waals surface area contributed by atoms with Crippen LogP contribution in [-0.4, -0.2) is 22.5 Å². The second kappa shape index (κ2) is 8.28. The molecular formula is C16H18ClN5O. The molecule has 0 amide bonds. The van der Waals surface area contributed by atoms with Gasteiger partial charge < -0.3 is 16.3 Å². The van der Waals surface area contributed by atoms with Gasteiger partial charge in [-0.15, -0.1) is 0 Å². The first-order valence-corrected chi connectivity index (χ1v) is 7.35. The molecular weight excluding hydrogens is 314 g/mol. The lowest BCUT2D eigenvalue weighted by Crippen LogP contribution is -2.32. The van der Waals surface area contributed by atoms with Gasteiger partial charge in [-0.3, -0.25) is 4.99 Å². The molecule has 0 atom stereocenters. The van der Waals surface area contributed by atoms with Gasteiger partial charge in [-0.2, -0.15) is 0 Å². The summed E-state index contributed by atoms with van der Waals surface area (Å²) in [6.07, 6.45) is 3.36. The smallest absolute Gasteiger partial charge is 0.146 e. The molecule has 7 heteroatoms. The van der Waals surface area contributed by atoms with Crippen LogP contribution < -0.4 is 17.0 Å². The van der Waals surface area contributed by atoms with Crippen LogP contribution in [0.25, 0.3) is 11.1 Å². The average Bonchev–Trinajstić information content (AvgIpc) is 2.60. The molecule has 0 unspecified atom stereocenters. The zero-order chi connectivity index (χ0) is 16.7. The zero-order valence-electron chi connectivity index (χ0n) is 12.4. The van der Waals surface area contributed by atoms with Gasteiger partial charge in [0.1, 0.15) is 11.7 Å². The Balaban J connectivity index is 2.39. The Hall–Kier alpha value is -2.41. The third-order valence-electron chi connectivity index (χ3n) is 3.22. The Labute approximate surface area is 139 Å². The van der Waals surface area contributed by atoms with Crippen molar-refractivity contribution in [1.29, 1.82) is 0 Å². The second-order valence-electron chi connectivity index (χ2n) is 4.71. The van der Waals surface area contributed by atoms with Crippen LogP contribution in [0.5, 0.6) is 0 Å². The molecule has 2 rings (SSSR count). The molecule has 6 nitrogen and oxygen atoms in total. The normalized spacial score (nSPS) is 11.9. The predicted octanol–water partition coefficient (Wildman–Crippen LogP) is 1.79. The largest absolute Gasteiger partial charge is 0.392 e. The van der Waals surface area contributed by atoms with Crippen molar-refractivity contribution in [1.82, 2.24) is 10.4 Å². The van der Waals surface area contributed by atoms with Crippen molar-refractivity contribution in [3.63, 3.8) is 0 Å². The zero-order valence-corrected chi connectivity index (χ0v) is 13.2. The van der Waals surface area contributed by atoms with Crippen molar-refractivity contribution in [3.8, 4) is 11.1 Å². The van der Waals surface area contributed by atoms with Gasteiger partial charge in [-0.25, -0.2) is 10.8 Å². The molecule has 0 aliphatic heterocycles. The van der Waals surface area contributed by atoms with Crippen LogP contribution >= 0.6 is 11.6 Å². The number of aliphatic imine (C=N–C) groups is 1. The number of halogens is 1. The summed E-state index contributed by atoms with van der Waals surface area (Å²) in [5.74, 6) is 6.29. The second-order valence-corrected chi connectivity index (χ2v) is 4.96. The fourth-order valence-corrected chi connectivity index (χ4v) is 2.10. The van der Waals surface area contributed by atoms with E-state index < -0.39 is 0 Å². The average molecular weight is 332 g/mol.